The summed E-state index contributed by atoms with van der Waals surface area (Å²) in [5.74, 6) is 2.02. The maximum atomic E-state index is 6.38. The Morgan fingerprint density at radius 2 is 1.95 bits per heavy atom. The van der Waals surface area contributed by atoms with Crippen LogP contribution in [-0.2, 0) is 0 Å². The third-order valence-corrected chi connectivity index (χ3v) is 4.74. The number of nitrogens with two attached hydrogens (primary N) is 1. The third-order valence-electron chi connectivity index (χ3n) is 4.74. The maximum absolute atomic E-state index is 6.38. The van der Waals surface area contributed by atoms with Crippen molar-refractivity contribution in [3.63, 3.8) is 0 Å². The van der Waals surface area contributed by atoms with Gasteiger partial charge in [-0.15, -0.1) is 0 Å². The molecule has 1 aromatic heterocycles. The molecule has 2 aliphatic rings. The van der Waals surface area contributed by atoms with E-state index in [1.165, 1.54) is 25.9 Å². The molecule has 2 unspecified atom stereocenters. The van der Waals surface area contributed by atoms with Crippen LogP contribution in [0.2, 0.25) is 0 Å². The number of nitrogens with zero attached hydrogens (tertiary/aromatic N) is 2. The van der Waals surface area contributed by atoms with E-state index in [0.29, 0.717) is 0 Å². The molecule has 2 fully saturated rings. The molecule has 4 nitrogen and oxygen atoms in total. The van der Waals surface area contributed by atoms with Crippen molar-refractivity contribution in [2.75, 3.05) is 26.2 Å². The molecule has 2 heterocycles. The van der Waals surface area contributed by atoms with Gasteiger partial charge in [-0.05, 0) is 38.3 Å². The van der Waals surface area contributed by atoms with Gasteiger partial charge in [0.25, 0.3) is 0 Å². The van der Waals surface area contributed by atoms with E-state index in [1.807, 2.05) is 13.0 Å². The standard InChI is InChI=1S/C16H27N3O/c1-3-14(17)16(15-7-4-12(2)20-15)19-10-8-18(9-11-19)13-5-6-13/h4,7,13-14,16H,3,5-6,8-11,17H2,1-2H3. The first kappa shape index (κ1) is 14.1. The number of hydrogen-bond acceptors (Lipinski definition) is 4. The summed E-state index contributed by atoms with van der Waals surface area (Å²) in [4.78, 5) is 5.16. The average Bonchev–Trinajstić information content (AvgIpc) is 3.23. The van der Waals surface area contributed by atoms with Crippen molar-refractivity contribution in [3.05, 3.63) is 23.7 Å². The van der Waals surface area contributed by atoms with E-state index in [0.717, 1.165) is 37.1 Å². The Hall–Kier alpha value is -0.840. The zero-order valence-electron chi connectivity index (χ0n) is 12.7. The summed E-state index contributed by atoms with van der Waals surface area (Å²) in [6.07, 6.45) is 3.78. The number of rotatable bonds is 5. The summed E-state index contributed by atoms with van der Waals surface area (Å²) >= 11 is 0. The highest BCUT2D eigenvalue weighted by molar-refractivity contribution is 5.12. The highest BCUT2D eigenvalue weighted by atomic mass is 16.3. The van der Waals surface area contributed by atoms with Gasteiger partial charge in [-0.3, -0.25) is 9.80 Å². The van der Waals surface area contributed by atoms with Gasteiger partial charge in [0.15, 0.2) is 0 Å². The molecule has 0 amide bonds. The molecule has 1 aromatic rings. The number of aryl methyl sites for hydroxylation is 1. The van der Waals surface area contributed by atoms with Crippen molar-refractivity contribution >= 4 is 0 Å². The first-order valence-electron chi connectivity index (χ1n) is 7.99. The maximum Gasteiger partial charge on any atom is 0.122 e. The summed E-state index contributed by atoms with van der Waals surface area (Å²) in [7, 11) is 0. The van der Waals surface area contributed by atoms with Crippen LogP contribution >= 0.6 is 0 Å². The second kappa shape index (κ2) is 5.88. The molecular weight excluding hydrogens is 250 g/mol. The third kappa shape index (κ3) is 2.92. The van der Waals surface area contributed by atoms with E-state index in [9.17, 15) is 0 Å². The Bertz CT molecular complexity index is 433. The lowest BCUT2D eigenvalue weighted by atomic mass is 10.0. The van der Waals surface area contributed by atoms with Crippen LogP contribution < -0.4 is 5.73 Å². The van der Waals surface area contributed by atoms with Gasteiger partial charge in [-0.1, -0.05) is 6.92 Å². The molecule has 0 aromatic carbocycles. The Morgan fingerprint density at radius 1 is 1.25 bits per heavy atom. The lowest BCUT2D eigenvalue weighted by molar-refractivity contribution is 0.0697. The molecule has 0 spiro atoms. The normalized spacial score (nSPS) is 24.8. The Morgan fingerprint density at radius 3 is 2.45 bits per heavy atom. The summed E-state index contributed by atoms with van der Waals surface area (Å²) in [5, 5.41) is 0. The van der Waals surface area contributed by atoms with Crippen LogP contribution in [0, 0.1) is 6.92 Å². The van der Waals surface area contributed by atoms with Crippen molar-refractivity contribution < 1.29 is 4.42 Å². The molecule has 0 radical (unpaired) electrons. The minimum absolute atomic E-state index is 0.146. The number of piperazine rings is 1. The molecular formula is C16H27N3O. The van der Waals surface area contributed by atoms with Crippen LogP contribution in [0.5, 0.6) is 0 Å². The van der Waals surface area contributed by atoms with Crippen molar-refractivity contribution in [2.45, 2.75) is 51.2 Å². The second-order valence-electron chi connectivity index (χ2n) is 6.27. The SMILES string of the molecule is CCC(N)C(c1ccc(C)o1)N1CCN(C2CC2)CC1. The van der Waals surface area contributed by atoms with E-state index < -0.39 is 0 Å². The zero-order valence-corrected chi connectivity index (χ0v) is 12.7. The average molecular weight is 277 g/mol. The Kier molecular flexibility index (Phi) is 4.15. The van der Waals surface area contributed by atoms with Crippen LogP contribution in [0.15, 0.2) is 16.5 Å². The van der Waals surface area contributed by atoms with E-state index >= 15 is 0 Å². The molecule has 20 heavy (non-hydrogen) atoms. The van der Waals surface area contributed by atoms with Crippen molar-refractivity contribution in [2.24, 2.45) is 5.73 Å². The molecule has 1 aliphatic heterocycles. The van der Waals surface area contributed by atoms with Crippen molar-refractivity contribution in [3.8, 4) is 0 Å². The Labute approximate surface area is 121 Å². The smallest absolute Gasteiger partial charge is 0.122 e. The van der Waals surface area contributed by atoms with Gasteiger partial charge in [0.05, 0.1) is 6.04 Å². The van der Waals surface area contributed by atoms with Gasteiger partial charge in [0, 0.05) is 38.3 Å². The predicted molar refractivity (Wildman–Crippen MR) is 80.6 cm³/mol. The van der Waals surface area contributed by atoms with Crippen LogP contribution in [0.3, 0.4) is 0 Å². The molecule has 0 bridgehead atoms. The molecule has 1 saturated carbocycles. The van der Waals surface area contributed by atoms with Crippen LogP contribution in [0.1, 0.15) is 43.7 Å². The lowest BCUT2D eigenvalue weighted by Crippen LogP contribution is -2.51. The predicted octanol–water partition coefficient (Wildman–Crippen LogP) is 2.15. The van der Waals surface area contributed by atoms with Crippen LogP contribution in [0.25, 0.3) is 0 Å². The van der Waals surface area contributed by atoms with Gasteiger partial charge < -0.3 is 10.2 Å². The number of hydrogen-bond donors (Lipinski definition) is 1. The van der Waals surface area contributed by atoms with Crippen LogP contribution in [0.4, 0.5) is 0 Å². The minimum Gasteiger partial charge on any atom is -0.465 e. The fourth-order valence-electron chi connectivity index (χ4n) is 3.32. The summed E-state index contributed by atoms with van der Waals surface area (Å²) in [5.41, 5.74) is 6.38. The highest BCUT2D eigenvalue weighted by Gasteiger charge is 2.35. The lowest BCUT2D eigenvalue weighted by Gasteiger charge is -2.40. The quantitative estimate of drug-likeness (QED) is 0.896. The van der Waals surface area contributed by atoms with Gasteiger partial charge >= 0.3 is 0 Å². The summed E-state index contributed by atoms with van der Waals surface area (Å²) < 4.78 is 5.87. The summed E-state index contributed by atoms with van der Waals surface area (Å²) in [6, 6.07) is 5.40. The van der Waals surface area contributed by atoms with Gasteiger partial charge in [-0.2, -0.15) is 0 Å². The zero-order chi connectivity index (χ0) is 14.1. The fourth-order valence-corrected chi connectivity index (χ4v) is 3.32. The first-order valence-corrected chi connectivity index (χ1v) is 7.99. The van der Waals surface area contributed by atoms with Gasteiger partial charge in [0.1, 0.15) is 11.5 Å². The van der Waals surface area contributed by atoms with E-state index in [2.05, 4.69) is 22.8 Å². The monoisotopic (exact) mass is 277 g/mol. The molecule has 2 atom stereocenters. The molecule has 1 saturated heterocycles. The highest BCUT2D eigenvalue weighted by Crippen LogP contribution is 2.31. The summed E-state index contributed by atoms with van der Waals surface area (Å²) in [6.45, 7) is 8.73. The first-order chi connectivity index (χ1) is 9.69. The van der Waals surface area contributed by atoms with E-state index in [-0.39, 0.29) is 12.1 Å². The minimum atomic E-state index is 0.146. The van der Waals surface area contributed by atoms with Crippen molar-refractivity contribution in [1.29, 1.82) is 0 Å². The topological polar surface area (TPSA) is 45.6 Å². The molecule has 2 N–H and O–H groups in total. The Balaban J connectivity index is 1.69. The second-order valence-corrected chi connectivity index (χ2v) is 6.27. The molecule has 1 aliphatic carbocycles. The van der Waals surface area contributed by atoms with E-state index in [4.69, 9.17) is 10.2 Å². The van der Waals surface area contributed by atoms with E-state index in [1.54, 1.807) is 0 Å². The molecule has 3 rings (SSSR count). The van der Waals surface area contributed by atoms with Crippen molar-refractivity contribution in [1.82, 2.24) is 9.80 Å². The number of furan rings is 1. The van der Waals surface area contributed by atoms with Gasteiger partial charge in [-0.25, -0.2) is 0 Å². The molecule has 112 valence electrons. The fraction of sp³-hybridized carbons (Fsp3) is 0.750. The van der Waals surface area contributed by atoms with Crippen LogP contribution in [-0.4, -0.2) is 48.1 Å². The van der Waals surface area contributed by atoms with Gasteiger partial charge in [0.2, 0.25) is 0 Å². The largest absolute Gasteiger partial charge is 0.465 e. The molecule has 4 heteroatoms.